The second-order valence-electron chi connectivity index (χ2n) is 5.74. The van der Waals surface area contributed by atoms with Gasteiger partial charge in [-0.3, -0.25) is 4.79 Å². The summed E-state index contributed by atoms with van der Waals surface area (Å²) in [5.41, 5.74) is 0.183. The van der Waals surface area contributed by atoms with Crippen LogP contribution in [0.4, 0.5) is 8.78 Å². The number of carbonyl (C=O) groups is 2. The maximum atomic E-state index is 13.1. The summed E-state index contributed by atoms with van der Waals surface area (Å²) in [4.78, 5) is 23.3. The number of carboxylic acid groups (broad SMARTS) is 1. The molecule has 1 aromatic rings. The molecule has 120 valence electrons. The third-order valence-electron chi connectivity index (χ3n) is 3.99. The topological polar surface area (TPSA) is 66.4 Å². The average Bonchev–Trinajstić information content (AvgIpc) is 2.44. The Morgan fingerprint density at radius 3 is 2.27 bits per heavy atom. The average molecular weight is 311 g/mol. The maximum absolute atomic E-state index is 13.1. The molecule has 0 saturated heterocycles. The van der Waals surface area contributed by atoms with E-state index in [9.17, 15) is 23.5 Å². The number of amides is 1. The smallest absolute Gasteiger partial charge is 0.326 e. The van der Waals surface area contributed by atoms with Crippen molar-refractivity contribution < 1.29 is 23.5 Å². The molecule has 4 nitrogen and oxygen atoms in total. The molecule has 6 heteroatoms. The molecule has 0 bridgehead atoms. The van der Waals surface area contributed by atoms with Crippen molar-refractivity contribution >= 4 is 11.9 Å². The largest absolute Gasteiger partial charge is 0.480 e. The summed E-state index contributed by atoms with van der Waals surface area (Å²) in [6.07, 6.45) is 4.29. The molecule has 2 rings (SSSR count). The van der Waals surface area contributed by atoms with Crippen LogP contribution in [-0.4, -0.2) is 23.0 Å². The zero-order valence-electron chi connectivity index (χ0n) is 12.1. The summed E-state index contributed by atoms with van der Waals surface area (Å²) >= 11 is 0. The maximum Gasteiger partial charge on any atom is 0.326 e. The van der Waals surface area contributed by atoms with Crippen LogP contribution in [0.1, 0.15) is 37.7 Å². The molecule has 1 atom stereocenters. The van der Waals surface area contributed by atoms with Crippen LogP contribution in [0.5, 0.6) is 0 Å². The normalized spacial score (nSPS) is 17.0. The van der Waals surface area contributed by atoms with E-state index in [0.717, 1.165) is 50.3 Å². The Labute approximate surface area is 127 Å². The monoisotopic (exact) mass is 311 g/mol. The molecule has 2 N–H and O–H groups in total. The predicted molar refractivity (Wildman–Crippen MR) is 76.2 cm³/mol. The lowest BCUT2D eigenvalue weighted by atomic mass is 9.84. The number of nitrogens with one attached hydrogen (secondary N) is 1. The molecule has 0 radical (unpaired) electrons. The standard InChI is InChI=1S/C16H19F2NO3/c17-12-6-10(7-13(18)9-12)8-14(20)19-15(16(21)22)11-4-2-1-3-5-11/h6-7,9,11,15H,1-5,8H2,(H,19,20)(H,21,22)/t15-/m0/s1. The van der Waals surface area contributed by atoms with Crippen molar-refractivity contribution in [2.45, 2.75) is 44.6 Å². The van der Waals surface area contributed by atoms with Crippen molar-refractivity contribution in [1.29, 1.82) is 0 Å². The summed E-state index contributed by atoms with van der Waals surface area (Å²) in [5, 5.41) is 11.8. The van der Waals surface area contributed by atoms with Crippen LogP contribution in [0.3, 0.4) is 0 Å². The van der Waals surface area contributed by atoms with Gasteiger partial charge < -0.3 is 10.4 Å². The van der Waals surface area contributed by atoms with Crippen LogP contribution in [0.2, 0.25) is 0 Å². The number of benzene rings is 1. The Morgan fingerprint density at radius 1 is 1.14 bits per heavy atom. The molecule has 1 amide bonds. The minimum atomic E-state index is -1.06. The zero-order valence-corrected chi connectivity index (χ0v) is 12.1. The number of halogens is 2. The van der Waals surface area contributed by atoms with Gasteiger partial charge in [-0.15, -0.1) is 0 Å². The minimum absolute atomic E-state index is 0.0838. The number of carbonyl (C=O) groups excluding carboxylic acids is 1. The molecule has 0 heterocycles. The Kier molecular flexibility index (Phi) is 5.46. The van der Waals surface area contributed by atoms with E-state index in [2.05, 4.69) is 5.32 Å². The summed E-state index contributed by atoms with van der Waals surface area (Å²) < 4.78 is 26.2. The second-order valence-corrected chi connectivity index (χ2v) is 5.74. The first-order valence-electron chi connectivity index (χ1n) is 7.43. The van der Waals surface area contributed by atoms with Gasteiger partial charge in [0.2, 0.25) is 5.91 Å². The van der Waals surface area contributed by atoms with E-state index in [-0.39, 0.29) is 17.9 Å². The summed E-state index contributed by atoms with van der Waals surface area (Å²) in [6, 6.07) is 1.92. The predicted octanol–water partition coefficient (Wildman–Crippen LogP) is 2.66. The van der Waals surface area contributed by atoms with Gasteiger partial charge in [0, 0.05) is 6.07 Å². The molecule has 1 aromatic carbocycles. The Balaban J connectivity index is 2.00. The zero-order chi connectivity index (χ0) is 16.1. The highest BCUT2D eigenvalue weighted by atomic mass is 19.1. The second kappa shape index (κ2) is 7.33. The number of hydrogen-bond acceptors (Lipinski definition) is 2. The lowest BCUT2D eigenvalue weighted by Gasteiger charge is -2.28. The van der Waals surface area contributed by atoms with Crippen LogP contribution in [0.25, 0.3) is 0 Å². The Morgan fingerprint density at radius 2 is 1.73 bits per heavy atom. The van der Waals surface area contributed by atoms with E-state index in [1.807, 2.05) is 0 Å². The van der Waals surface area contributed by atoms with Crippen LogP contribution in [0.15, 0.2) is 18.2 Å². The molecule has 22 heavy (non-hydrogen) atoms. The lowest BCUT2D eigenvalue weighted by Crippen LogP contribution is -2.47. The van der Waals surface area contributed by atoms with Gasteiger partial charge in [-0.1, -0.05) is 19.3 Å². The van der Waals surface area contributed by atoms with E-state index >= 15 is 0 Å². The van der Waals surface area contributed by atoms with E-state index in [1.54, 1.807) is 0 Å². The van der Waals surface area contributed by atoms with Crippen LogP contribution >= 0.6 is 0 Å². The first kappa shape index (κ1) is 16.4. The van der Waals surface area contributed by atoms with Crippen LogP contribution in [0, 0.1) is 17.6 Å². The number of hydrogen-bond donors (Lipinski definition) is 2. The molecular weight excluding hydrogens is 292 g/mol. The molecule has 1 aliphatic carbocycles. The van der Waals surface area contributed by atoms with Gasteiger partial charge >= 0.3 is 5.97 Å². The van der Waals surface area contributed by atoms with Crippen molar-refractivity contribution in [1.82, 2.24) is 5.32 Å². The molecule has 0 aromatic heterocycles. The quantitative estimate of drug-likeness (QED) is 0.878. The molecule has 0 aliphatic heterocycles. The van der Waals surface area contributed by atoms with Gasteiger partial charge in [0.1, 0.15) is 17.7 Å². The molecule has 0 unspecified atom stereocenters. The van der Waals surface area contributed by atoms with E-state index in [1.165, 1.54) is 0 Å². The highest BCUT2D eigenvalue weighted by Crippen LogP contribution is 2.26. The van der Waals surface area contributed by atoms with Gasteiger partial charge in [-0.2, -0.15) is 0 Å². The van der Waals surface area contributed by atoms with Crippen LogP contribution < -0.4 is 5.32 Å². The van der Waals surface area contributed by atoms with Crippen molar-refractivity contribution in [2.75, 3.05) is 0 Å². The van der Waals surface area contributed by atoms with E-state index in [4.69, 9.17) is 0 Å². The van der Waals surface area contributed by atoms with Gasteiger partial charge in [0.05, 0.1) is 6.42 Å². The molecule has 1 fully saturated rings. The molecule has 1 aliphatic rings. The first-order valence-corrected chi connectivity index (χ1v) is 7.43. The van der Waals surface area contributed by atoms with Crippen molar-refractivity contribution in [2.24, 2.45) is 5.92 Å². The third kappa shape index (κ3) is 4.51. The van der Waals surface area contributed by atoms with Gasteiger partial charge in [-0.05, 0) is 36.5 Å². The number of carboxylic acids is 1. The van der Waals surface area contributed by atoms with Gasteiger partial charge in [0.25, 0.3) is 0 Å². The van der Waals surface area contributed by atoms with Gasteiger partial charge in [-0.25, -0.2) is 13.6 Å². The Hall–Kier alpha value is -1.98. The highest BCUT2D eigenvalue weighted by molar-refractivity contribution is 5.85. The molecule has 0 spiro atoms. The fourth-order valence-electron chi connectivity index (χ4n) is 2.97. The van der Waals surface area contributed by atoms with E-state index in [0.29, 0.717) is 0 Å². The summed E-state index contributed by atoms with van der Waals surface area (Å²) in [6.45, 7) is 0. The first-order chi connectivity index (χ1) is 10.5. The minimum Gasteiger partial charge on any atom is -0.480 e. The fourth-order valence-corrected chi connectivity index (χ4v) is 2.97. The molecular formula is C16H19F2NO3. The van der Waals surface area contributed by atoms with Gasteiger partial charge in [0.15, 0.2) is 0 Å². The SMILES string of the molecule is O=C(Cc1cc(F)cc(F)c1)N[C@H](C(=O)O)C1CCCCC1. The third-order valence-corrected chi connectivity index (χ3v) is 3.99. The number of rotatable bonds is 5. The molecule has 1 saturated carbocycles. The summed E-state index contributed by atoms with van der Waals surface area (Å²) in [7, 11) is 0. The van der Waals surface area contributed by atoms with Crippen molar-refractivity contribution in [3.05, 3.63) is 35.4 Å². The van der Waals surface area contributed by atoms with Crippen molar-refractivity contribution in [3.63, 3.8) is 0 Å². The van der Waals surface area contributed by atoms with Crippen LogP contribution in [-0.2, 0) is 16.0 Å². The van der Waals surface area contributed by atoms with E-state index < -0.39 is 29.6 Å². The Bertz CT molecular complexity index is 536. The summed E-state index contributed by atoms with van der Waals surface area (Å²) in [5.74, 6) is -3.21. The number of aliphatic carboxylic acids is 1. The lowest BCUT2D eigenvalue weighted by molar-refractivity contribution is -0.143. The highest BCUT2D eigenvalue weighted by Gasteiger charge is 2.30. The van der Waals surface area contributed by atoms with Crippen molar-refractivity contribution in [3.8, 4) is 0 Å². The fraction of sp³-hybridized carbons (Fsp3) is 0.500.